The van der Waals surface area contributed by atoms with Crippen molar-refractivity contribution in [3.63, 3.8) is 0 Å². The number of nitro groups is 1. The van der Waals surface area contributed by atoms with E-state index in [1.54, 1.807) is 17.9 Å². The largest absolute Gasteiger partial charge is 0.419 e. The quantitative estimate of drug-likeness (QED) is 0.526. The number of nitrogens with two attached hydrogens (primary N) is 1. The minimum absolute atomic E-state index is 0.0625. The van der Waals surface area contributed by atoms with Crippen LogP contribution in [0.15, 0.2) is 23.0 Å². The molecule has 11 nitrogen and oxygen atoms in total. The number of aromatic nitrogens is 6. The molecule has 3 heterocycles. The molecule has 0 radical (unpaired) electrons. The highest BCUT2D eigenvalue weighted by Crippen LogP contribution is 2.22. The number of nitrogens with zero attached hydrogens (tertiary/aromatic N) is 7. The Balaban J connectivity index is 1.69. The molecule has 3 rings (SSSR count). The van der Waals surface area contributed by atoms with Gasteiger partial charge in [-0.3, -0.25) is 19.5 Å². The lowest BCUT2D eigenvalue weighted by Gasteiger charge is -1.96. The van der Waals surface area contributed by atoms with Crippen molar-refractivity contribution in [3.8, 4) is 11.6 Å². The van der Waals surface area contributed by atoms with Crippen LogP contribution in [0.4, 0.5) is 11.4 Å². The van der Waals surface area contributed by atoms with E-state index in [0.29, 0.717) is 30.2 Å². The Morgan fingerprint density at radius 3 is 2.86 bits per heavy atom. The van der Waals surface area contributed by atoms with Crippen LogP contribution in [0, 0.1) is 10.1 Å². The Bertz CT molecular complexity index is 817. The van der Waals surface area contributed by atoms with Crippen molar-refractivity contribution in [1.29, 1.82) is 0 Å². The zero-order valence-corrected chi connectivity index (χ0v) is 11.6. The molecule has 0 spiro atoms. The summed E-state index contributed by atoms with van der Waals surface area (Å²) >= 11 is 0. The van der Waals surface area contributed by atoms with Crippen LogP contribution in [0.1, 0.15) is 5.89 Å². The van der Waals surface area contributed by atoms with Gasteiger partial charge in [-0.25, -0.2) is 0 Å². The summed E-state index contributed by atoms with van der Waals surface area (Å²) in [5.41, 5.74) is 6.60. The van der Waals surface area contributed by atoms with Crippen molar-refractivity contribution < 1.29 is 9.34 Å². The van der Waals surface area contributed by atoms with Gasteiger partial charge in [0.25, 0.3) is 5.89 Å². The van der Waals surface area contributed by atoms with Crippen LogP contribution in [0.25, 0.3) is 11.6 Å². The number of rotatable bonds is 5. The van der Waals surface area contributed by atoms with Crippen LogP contribution in [0.5, 0.6) is 0 Å². The lowest BCUT2D eigenvalue weighted by Crippen LogP contribution is -2.01. The van der Waals surface area contributed by atoms with Gasteiger partial charge in [0.05, 0.1) is 10.6 Å². The van der Waals surface area contributed by atoms with E-state index in [2.05, 4.69) is 20.4 Å². The van der Waals surface area contributed by atoms with Gasteiger partial charge < -0.3 is 10.2 Å². The third-order valence-corrected chi connectivity index (χ3v) is 2.91. The van der Waals surface area contributed by atoms with E-state index in [0.717, 1.165) is 0 Å². The van der Waals surface area contributed by atoms with Crippen molar-refractivity contribution in [3.05, 3.63) is 34.6 Å². The highest BCUT2D eigenvalue weighted by atomic mass is 16.6. The maximum Gasteiger partial charge on any atom is 0.306 e. The maximum absolute atomic E-state index is 10.6. The number of hydrogen-bond acceptors (Lipinski definition) is 8. The topological polar surface area (TPSA) is 144 Å². The second-order valence-electron chi connectivity index (χ2n) is 4.58. The SMILES string of the molecule is Cn1cc(N)c(-c2nnc(CCn3cc([N+](=O)[O-])cn3)o2)n1. The summed E-state index contributed by atoms with van der Waals surface area (Å²) in [5.74, 6) is 0.609. The van der Waals surface area contributed by atoms with Gasteiger partial charge in [0, 0.05) is 26.2 Å². The van der Waals surface area contributed by atoms with Crippen LogP contribution in [0.2, 0.25) is 0 Å². The van der Waals surface area contributed by atoms with Crippen molar-refractivity contribution in [2.75, 3.05) is 5.73 Å². The first kappa shape index (κ1) is 13.7. The fourth-order valence-electron chi connectivity index (χ4n) is 1.90. The van der Waals surface area contributed by atoms with Gasteiger partial charge in [-0.1, -0.05) is 0 Å². The molecule has 0 amide bonds. The van der Waals surface area contributed by atoms with Crippen LogP contribution in [0.3, 0.4) is 0 Å². The summed E-state index contributed by atoms with van der Waals surface area (Å²) in [6, 6.07) is 0. The standard InChI is InChI=1S/C11H12N8O3/c1-17-6-8(12)10(16-17)11-15-14-9(22-11)2-3-18-5-7(4-13-18)19(20)21/h4-6H,2-3,12H2,1H3. The van der Waals surface area contributed by atoms with Crippen LogP contribution < -0.4 is 5.73 Å². The van der Waals surface area contributed by atoms with Gasteiger partial charge in [0.2, 0.25) is 5.89 Å². The van der Waals surface area contributed by atoms with Crippen LogP contribution in [-0.4, -0.2) is 34.7 Å². The molecule has 0 aliphatic rings. The van der Waals surface area contributed by atoms with Gasteiger partial charge in [-0.05, 0) is 0 Å². The Morgan fingerprint density at radius 1 is 1.41 bits per heavy atom. The van der Waals surface area contributed by atoms with Gasteiger partial charge in [-0.15, -0.1) is 10.2 Å². The summed E-state index contributed by atoms with van der Waals surface area (Å²) in [7, 11) is 1.74. The smallest absolute Gasteiger partial charge is 0.306 e. The lowest BCUT2D eigenvalue weighted by atomic mass is 10.4. The highest BCUT2D eigenvalue weighted by molar-refractivity contribution is 5.64. The fraction of sp³-hybridized carbons (Fsp3) is 0.273. The average Bonchev–Trinajstić information content (AvgIpc) is 3.16. The van der Waals surface area contributed by atoms with Gasteiger partial charge >= 0.3 is 5.69 Å². The zero-order valence-electron chi connectivity index (χ0n) is 11.6. The third kappa shape index (κ3) is 2.63. The Labute approximate surface area is 123 Å². The molecule has 0 saturated heterocycles. The van der Waals surface area contributed by atoms with Crippen LogP contribution >= 0.6 is 0 Å². The molecule has 114 valence electrons. The predicted octanol–water partition coefficient (Wildman–Crippen LogP) is 0.400. The number of aryl methyl sites for hydroxylation is 3. The summed E-state index contributed by atoms with van der Waals surface area (Å²) in [6.07, 6.45) is 4.56. The van der Waals surface area contributed by atoms with E-state index in [9.17, 15) is 10.1 Å². The normalized spacial score (nSPS) is 11.0. The minimum Gasteiger partial charge on any atom is -0.419 e. The molecule has 0 bridgehead atoms. The molecule has 22 heavy (non-hydrogen) atoms. The first-order valence-electron chi connectivity index (χ1n) is 6.31. The highest BCUT2D eigenvalue weighted by Gasteiger charge is 2.15. The van der Waals surface area contributed by atoms with Crippen molar-refractivity contribution in [1.82, 2.24) is 29.8 Å². The second-order valence-corrected chi connectivity index (χ2v) is 4.58. The molecule has 0 unspecified atom stereocenters. The predicted molar refractivity (Wildman–Crippen MR) is 73.5 cm³/mol. The molecule has 0 fully saturated rings. The molecule has 0 atom stereocenters. The van der Waals surface area contributed by atoms with E-state index in [1.165, 1.54) is 17.1 Å². The molecule has 3 aromatic heterocycles. The monoisotopic (exact) mass is 304 g/mol. The molecule has 0 aliphatic heterocycles. The lowest BCUT2D eigenvalue weighted by molar-refractivity contribution is -0.385. The van der Waals surface area contributed by atoms with Gasteiger partial charge in [0.1, 0.15) is 12.4 Å². The number of nitrogen functional groups attached to an aromatic ring is 1. The zero-order chi connectivity index (χ0) is 15.7. The molecule has 11 heteroatoms. The molecule has 0 aromatic carbocycles. The van der Waals surface area contributed by atoms with E-state index >= 15 is 0 Å². The molecule has 0 aliphatic carbocycles. The summed E-state index contributed by atoms with van der Waals surface area (Å²) in [5, 5.41) is 26.4. The third-order valence-electron chi connectivity index (χ3n) is 2.91. The summed E-state index contributed by atoms with van der Waals surface area (Å²) in [6.45, 7) is 0.382. The van der Waals surface area contributed by atoms with E-state index in [1.807, 2.05) is 0 Å². The Hall–Kier alpha value is -3.24. The molecule has 3 aromatic rings. The molecule has 0 saturated carbocycles. The fourth-order valence-corrected chi connectivity index (χ4v) is 1.90. The van der Waals surface area contributed by atoms with Crippen molar-refractivity contribution in [2.24, 2.45) is 7.05 Å². The summed E-state index contributed by atoms with van der Waals surface area (Å²) < 4.78 is 8.48. The molecular weight excluding hydrogens is 292 g/mol. The van der Waals surface area contributed by atoms with E-state index < -0.39 is 4.92 Å². The summed E-state index contributed by atoms with van der Waals surface area (Å²) in [4.78, 5) is 10.1. The first-order valence-corrected chi connectivity index (χ1v) is 6.31. The van der Waals surface area contributed by atoms with E-state index in [-0.39, 0.29) is 11.6 Å². The van der Waals surface area contributed by atoms with Gasteiger partial charge in [-0.2, -0.15) is 10.2 Å². The number of hydrogen-bond donors (Lipinski definition) is 1. The Kier molecular flexibility index (Phi) is 3.29. The van der Waals surface area contributed by atoms with Crippen molar-refractivity contribution >= 4 is 11.4 Å². The van der Waals surface area contributed by atoms with Crippen LogP contribution in [-0.2, 0) is 20.0 Å². The first-order chi connectivity index (χ1) is 10.5. The van der Waals surface area contributed by atoms with E-state index in [4.69, 9.17) is 10.2 Å². The average molecular weight is 304 g/mol. The molecule has 2 N–H and O–H groups in total. The Morgan fingerprint density at radius 2 is 2.23 bits per heavy atom. The number of anilines is 1. The molecular formula is C11H12N8O3. The van der Waals surface area contributed by atoms with Crippen molar-refractivity contribution in [2.45, 2.75) is 13.0 Å². The maximum atomic E-state index is 10.6. The second kappa shape index (κ2) is 5.27. The van der Waals surface area contributed by atoms with Gasteiger partial charge in [0.15, 0.2) is 5.69 Å². The minimum atomic E-state index is -0.502.